The molecule has 2 heterocycles. The molecule has 2 aliphatic heterocycles. The zero-order valence-electron chi connectivity index (χ0n) is 38.7. The summed E-state index contributed by atoms with van der Waals surface area (Å²) in [4.78, 5) is 61.3. The van der Waals surface area contributed by atoms with Gasteiger partial charge >= 0.3 is 18.0 Å². The molecule has 0 aromatic heterocycles. The molecule has 2 aliphatic rings. The Labute approximate surface area is 370 Å². The second-order valence-electron chi connectivity index (χ2n) is 18.1. The lowest BCUT2D eigenvalue weighted by Crippen LogP contribution is -2.73. The number of quaternary nitrogens is 1. The number of carbonyl (C=O) groups is 4. The first-order valence-corrected chi connectivity index (χ1v) is 24.9. The van der Waals surface area contributed by atoms with Crippen molar-refractivity contribution in [2.45, 2.75) is 225 Å². The third kappa shape index (κ3) is 14.5. The third-order valence-electron chi connectivity index (χ3n) is 13.3. The smallest absolute Gasteiger partial charge is 0.349 e. The minimum Gasteiger partial charge on any atom is -0.349 e. The van der Waals surface area contributed by atoms with Gasteiger partial charge in [0.25, 0.3) is 5.91 Å². The highest BCUT2D eigenvalue weighted by Gasteiger charge is 2.74. The Kier molecular flexibility index (Phi) is 23.2. The summed E-state index contributed by atoms with van der Waals surface area (Å²) < 4.78 is 5.75. The van der Waals surface area contributed by atoms with Crippen LogP contribution in [0.4, 0.5) is 9.59 Å². The molecule has 0 saturated carbocycles. The van der Waals surface area contributed by atoms with Crippen molar-refractivity contribution in [2.75, 3.05) is 6.61 Å². The first kappa shape index (κ1) is 50.1. The lowest BCUT2D eigenvalue weighted by Gasteiger charge is -2.46. The molecule has 2 atom stereocenters. The van der Waals surface area contributed by atoms with Gasteiger partial charge in [-0.1, -0.05) is 234 Å². The molecule has 61 heavy (non-hydrogen) atoms. The van der Waals surface area contributed by atoms with Crippen LogP contribution in [0, 0.1) is 0 Å². The number of hydrogen-bond donors (Lipinski definition) is 1. The molecule has 1 N–H and O–H groups in total. The zero-order valence-corrected chi connectivity index (χ0v) is 38.7. The largest absolute Gasteiger partial charge is 0.449 e. The quantitative estimate of drug-likeness (QED) is 0.0423. The van der Waals surface area contributed by atoms with Gasteiger partial charge in [0.15, 0.2) is 0 Å². The maximum absolute atomic E-state index is 15.2. The van der Waals surface area contributed by atoms with Crippen LogP contribution in [0.1, 0.15) is 212 Å². The summed E-state index contributed by atoms with van der Waals surface area (Å²) in [6.07, 6.45) is 29.1. The van der Waals surface area contributed by atoms with Crippen LogP contribution in [0.3, 0.4) is 0 Å². The first-order valence-electron chi connectivity index (χ1n) is 24.9. The molecule has 9 heteroatoms. The standard InChI is InChI=1S/C52H82N4O5/c1-4-7-10-13-16-17-18-19-20-21-22-23-26-35-42-61-48-47(57)55(51(60)54(48)43-45-36-29-27-30-37-45)56(44-46-38-31-28-32-39-46)50(59)53-49(58)52(56,40-33-24-14-11-8-5-2)41-34-25-15-12-9-6-3/h27-32,36-39,48H,4-26,33-35,40-44H2,1-3H3/p+1. The van der Waals surface area contributed by atoms with Crippen LogP contribution in [-0.4, -0.2) is 56.8 Å². The van der Waals surface area contributed by atoms with Gasteiger partial charge in [0, 0.05) is 25.0 Å². The van der Waals surface area contributed by atoms with Crippen molar-refractivity contribution in [1.82, 2.24) is 15.2 Å². The number of urea groups is 2. The second kappa shape index (κ2) is 28.2. The summed E-state index contributed by atoms with van der Waals surface area (Å²) in [6, 6.07) is 18.0. The minimum absolute atomic E-state index is 0.00637. The highest BCUT2D eigenvalue weighted by molar-refractivity contribution is 6.07. The van der Waals surface area contributed by atoms with E-state index in [0.717, 1.165) is 112 Å². The zero-order chi connectivity index (χ0) is 43.6. The summed E-state index contributed by atoms with van der Waals surface area (Å²) in [6.45, 7) is 7.14. The van der Waals surface area contributed by atoms with Gasteiger partial charge in [-0.05, 0) is 24.8 Å². The summed E-state index contributed by atoms with van der Waals surface area (Å²) >= 11 is 0. The van der Waals surface area contributed by atoms with Gasteiger partial charge in [-0.25, -0.2) is 14.9 Å². The number of carbonyl (C=O) groups excluding carboxylic acids is 4. The number of amides is 6. The van der Waals surface area contributed by atoms with Crippen LogP contribution >= 0.6 is 0 Å². The van der Waals surface area contributed by atoms with E-state index >= 15 is 9.59 Å². The lowest BCUT2D eigenvalue weighted by molar-refractivity contribution is -0.984. The Bertz CT molecular complexity index is 1540. The van der Waals surface area contributed by atoms with E-state index in [1.807, 2.05) is 60.7 Å². The predicted octanol–water partition coefficient (Wildman–Crippen LogP) is 13.7. The Morgan fingerprint density at radius 1 is 0.541 bits per heavy atom. The molecule has 2 fully saturated rings. The van der Waals surface area contributed by atoms with E-state index < -0.39 is 34.3 Å². The Hall–Kier alpha value is -3.56. The van der Waals surface area contributed by atoms with Crippen LogP contribution in [0.25, 0.3) is 0 Å². The van der Waals surface area contributed by atoms with E-state index in [0.29, 0.717) is 19.4 Å². The van der Waals surface area contributed by atoms with Gasteiger partial charge < -0.3 is 4.74 Å². The fraction of sp³-hybridized carbons (Fsp3) is 0.692. The van der Waals surface area contributed by atoms with Crippen LogP contribution in [-0.2, 0) is 27.4 Å². The van der Waals surface area contributed by atoms with Crippen LogP contribution in [0.2, 0.25) is 0 Å². The van der Waals surface area contributed by atoms with Gasteiger partial charge in [-0.3, -0.25) is 14.5 Å². The number of unbranched alkanes of at least 4 members (excludes halogenated alkanes) is 23. The van der Waals surface area contributed by atoms with E-state index in [9.17, 15) is 9.59 Å². The van der Waals surface area contributed by atoms with E-state index in [1.165, 1.54) is 75.5 Å². The first-order chi connectivity index (χ1) is 29.9. The second-order valence-corrected chi connectivity index (χ2v) is 18.1. The summed E-state index contributed by atoms with van der Waals surface area (Å²) in [5.74, 6) is -0.945. The van der Waals surface area contributed by atoms with Crippen molar-refractivity contribution >= 4 is 23.9 Å². The highest BCUT2D eigenvalue weighted by Crippen LogP contribution is 2.46. The predicted molar refractivity (Wildman–Crippen MR) is 247 cm³/mol. The number of nitrogens with one attached hydrogen (secondary N) is 1. The molecule has 0 spiro atoms. The lowest BCUT2D eigenvalue weighted by atomic mass is 9.83. The molecule has 6 amide bonds. The fourth-order valence-corrected chi connectivity index (χ4v) is 9.66. The molecular formula is C52H83N4O5+. The number of hydrogen-bond acceptors (Lipinski definition) is 5. The van der Waals surface area contributed by atoms with Crippen molar-refractivity contribution in [3.05, 3.63) is 71.8 Å². The van der Waals surface area contributed by atoms with Crippen LogP contribution in [0.15, 0.2) is 60.7 Å². The maximum atomic E-state index is 15.2. The average molecular weight is 844 g/mol. The number of benzene rings is 2. The van der Waals surface area contributed by atoms with Gasteiger partial charge in [-0.15, -0.1) is 4.59 Å². The Morgan fingerprint density at radius 2 is 0.951 bits per heavy atom. The van der Waals surface area contributed by atoms with Crippen LogP contribution < -0.4 is 5.32 Å². The Morgan fingerprint density at radius 3 is 1.41 bits per heavy atom. The van der Waals surface area contributed by atoms with Crippen molar-refractivity contribution in [2.24, 2.45) is 0 Å². The normalized spacial score (nSPS) is 18.8. The topological polar surface area (TPSA) is 96.0 Å². The molecule has 2 unspecified atom stereocenters. The van der Waals surface area contributed by atoms with E-state index in [1.54, 1.807) is 0 Å². The molecule has 4 rings (SSSR count). The van der Waals surface area contributed by atoms with E-state index in [-0.39, 0.29) is 19.0 Å². The summed E-state index contributed by atoms with van der Waals surface area (Å²) in [5, 5.41) is 3.88. The highest BCUT2D eigenvalue weighted by atomic mass is 16.5. The van der Waals surface area contributed by atoms with Crippen molar-refractivity contribution in [3.8, 4) is 0 Å². The maximum Gasteiger partial charge on any atom is 0.449 e. The van der Waals surface area contributed by atoms with Gasteiger partial charge in [-0.2, -0.15) is 0 Å². The van der Waals surface area contributed by atoms with Crippen LogP contribution in [0.5, 0.6) is 0 Å². The van der Waals surface area contributed by atoms with Gasteiger partial charge in [0.1, 0.15) is 6.54 Å². The molecule has 2 aromatic rings. The third-order valence-corrected chi connectivity index (χ3v) is 13.3. The summed E-state index contributed by atoms with van der Waals surface area (Å²) in [5.41, 5.74) is 0.303. The number of ether oxygens (including phenoxy) is 1. The van der Waals surface area contributed by atoms with Crippen molar-refractivity contribution < 1.29 is 28.5 Å². The molecular weight excluding hydrogens is 761 g/mol. The number of nitrogens with zero attached hydrogens (tertiary/aromatic N) is 3. The molecule has 340 valence electrons. The fourth-order valence-electron chi connectivity index (χ4n) is 9.66. The molecule has 0 radical (unpaired) electrons. The van der Waals surface area contributed by atoms with Crippen molar-refractivity contribution in [1.29, 1.82) is 0 Å². The van der Waals surface area contributed by atoms with E-state index in [2.05, 4.69) is 26.1 Å². The molecule has 2 saturated heterocycles. The average Bonchev–Trinajstić information content (AvgIpc) is 3.61. The van der Waals surface area contributed by atoms with E-state index in [4.69, 9.17) is 4.74 Å². The van der Waals surface area contributed by atoms with Crippen molar-refractivity contribution in [3.63, 3.8) is 0 Å². The molecule has 0 bridgehead atoms. The minimum atomic E-state index is -1.34. The van der Waals surface area contributed by atoms with Gasteiger partial charge in [0.05, 0.1) is 6.54 Å². The number of imide groups is 2. The molecule has 0 aliphatic carbocycles. The Balaban J connectivity index is 1.56. The monoisotopic (exact) mass is 844 g/mol. The summed E-state index contributed by atoms with van der Waals surface area (Å²) in [7, 11) is 0. The SMILES string of the molecule is CCCCCCCCCCCCCCCCOC1C(=O)N([N+]2(Cc3ccccc3)C(=O)NC(=O)C2(CCCCCCCC)CCCCCCCC)C(=O)N1Cc1ccccc1. The number of rotatable bonds is 35. The van der Waals surface area contributed by atoms with Gasteiger partial charge in [0.2, 0.25) is 11.8 Å². The molecule has 2 aromatic carbocycles. The molecule has 9 nitrogen and oxygen atoms in total.